The monoisotopic (exact) mass is 386 g/mol. The number of carbonyl (C=O) groups is 2. The van der Waals surface area contributed by atoms with Gasteiger partial charge >= 0.3 is 6.03 Å². The highest BCUT2D eigenvalue weighted by atomic mass is 32.1. The zero-order valence-electron chi connectivity index (χ0n) is 15.6. The molecule has 7 heteroatoms. The van der Waals surface area contributed by atoms with Crippen molar-refractivity contribution < 1.29 is 19.1 Å². The molecule has 3 heterocycles. The van der Waals surface area contributed by atoms with E-state index in [1.807, 2.05) is 43.5 Å². The van der Waals surface area contributed by atoms with E-state index in [9.17, 15) is 9.59 Å². The van der Waals surface area contributed by atoms with Crippen molar-refractivity contribution >= 4 is 23.3 Å². The van der Waals surface area contributed by atoms with E-state index in [-0.39, 0.29) is 18.6 Å². The van der Waals surface area contributed by atoms with Crippen molar-refractivity contribution in [3.05, 3.63) is 45.6 Å². The molecule has 2 atom stereocenters. The van der Waals surface area contributed by atoms with Crippen LogP contribution in [-0.4, -0.2) is 29.5 Å². The van der Waals surface area contributed by atoms with Crippen molar-refractivity contribution in [1.82, 2.24) is 10.2 Å². The number of hydrogen-bond donors (Lipinski definition) is 1. The number of amides is 3. The molecular weight excluding hydrogens is 364 g/mol. The third kappa shape index (κ3) is 2.96. The predicted octanol–water partition coefficient (Wildman–Crippen LogP) is 3.44. The van der Waals surface area contributed by atoms with Crippen LogP contribution in [0, 0.1) is 0 Å². The van der Waals surface area contributed by atoms with Gasteiger partial charge in [-0.15, -0.1) is 11.3 Å². The van der Waals surface area contributed by atoms with E-state index < -0.39 is 11.6 Å². The average molecular weight is 386 g/mol. The van der Waals surface area contributed by atoms with Crippen molar-refractivity contribution in [3.8, 4) is 11.5 Å². The maximum absolute atomic E-state index is 13.1. The number of hydrogen-bond acceptors (Lipinski definition) is 5. The first-order valence-electron chi connectivity index (χ1n) is 9.05. The Morgan fingerprint density at radius 1 is 1.41 bits per heavy atom. The van der Waals surface area contributed by atoms with Crippen molar-refractivity contribution in [2.24, 2.45) is 0 Å². The fourth-order valence-electron chi connectivity index (χ4n) is 3.64. The molecule has 0 aliphatic carbocycles. The number of thiophene rings is 1. The predicted molar refractivity (Wildman–Crippen MR) is 102 cm³/mol. The smallest absolute Gasteiger partial charge is 0.325 e. The van der Waals surface area contributed by atoms with Crippen molar-refractivity contribution in [1.29, 1.82) is 0 Å². The number of imide groups is 1. The normalized spacial score (nSPS) is 24.0. The van der Waals surface area contributed by atoms with E-state index in [1.165, 1.54) is 16.2 Å². The lowest BCUT2D eigenvalue weighted by Crippen LogP contribution is -2.40. The molecule has 1 fully saturated rings. The molecule has 1 saturated heterocycles. The lowest BCUT2D eigenvalue weighted by molar-refractivity contribution is -0.131. The van der Waals surface area contributed by atoms with Gasteiger partial charge in [0.1, 0.15) is 17.6 Å². The summed E-state index contributed by atoms with van der Waals surface area (Å²) in [5, 5.41) is 4.74. The summed E-state index contributed by atoms with van der Waals surface area (Å²) >= 11 is 1.45. The highest BCUT2D eigenvalue weighted by Gasteiger charge is 2.49. The van der Waals surface area contributed by atoms with Gasteiger partial charge in [0.05, 0.1) is 13.2 Å². The van der Waals surface area contributed by atoms with Crippen molar-refractivity contribution in [3.63, 3.8) is 0 Å². The number of fused-ring (bicyclic) bond motifs is 1. The molecule has 2 aliphatic rings. The molecule has 142 valence electrons. The number of carbonyl (C=O) groups excluding carboxylic acids is 2. The molecule has 1 aromatic heterocycles. The number of ether oxygens (including phenoxy) is 2. The van der Waals surface area contributed by atoms with E-state index in [1.54, 1.807) is 6.92 Å². The minimum Gasteiger partial charge on any atom is -0.494 e. The fraction of sp³-hybridized carbons (Fsp3) is 0.400. The molecule has 0 radical (unpaired) electrons. The lowest BCUT2D eigenvalue weighted by Gasteiger charge is -2.21. The lowest BCUT2D eigenvalue weighted by atomic mass is 10.00. The highest BCUT2D eigenvalue weighted by Crippen LogP contribution is 2.38. The summed E-state index contributed by atoms with van der Waals surface area (Å²) in [5.41, 5.74) is 0.831. The molecule has 0 saturated carbocycles. The summed E-state index contributed by atoms with van der Waals surface area (Å²) in [4.78, 5) is 27.7. The molecule has 6 nitrogen and oxygen atoms in total. The standard InChI is InChI=1S/C20H22N2O4S/c1-4-25-15-9-13-8-12(2)26-16(13)10-14(15)11-22-18(23)20(3,21-19(22)24)17-6-5-7-27-17/h5-7,9-10,12H,4,8,11H2,1-3H3,(H,21,24). The molecular formula is C20H22N2O4S. The SMILES string of the molecule is CCOc1cc2c(cc1CN1C(=O)NC(C)(c3cccs3)C1=O)OC(C)C2. The Bertz CT molecular complexity index is 896. The van der Waals surface area contributed by atoms with Gasteiger partial charge in [-0.2, -0.15) is 0 Å². The van der Waals surface area contributed by atoms with Gasteiger partial charge in [-0.05, 0) is 44.4 Å². The second-order valence-electron chi connectivity index (χ2n) is 7.06. The van der Waals surface area contributed by atoms with E-state index in [0.717, 1.165) is 28.2 Å². The van der Waals surface area contributed by atoms with Gasteiger partial charge < -0.3 is 14.8 Å². The Balaban J connectivity index is 1.65. The Labute approximate surface area is 162 Å². The summed E-state index contributed by atoms with van der Waals surface area (Å²) in [7, 11) is 0. The summed E-state index contributed by atoms with van der Waals surface area (Å²) in [6, 6.07) is 7.20. The molecule has 1 aromatic carbocycles. The van der Waals surface area contributed by atoms with E-state index in [2.05, 4.69) is 5.32 Å². The second kappa shape index (κ2) is 6.56. The zero-order valence-corrected chi connectivity index (χ0v) is 16.4. The Hall–Kier alpha value is -2.54. The van der Waals surface area contributed by atoms with Crippen LogP contribution >= 0.6 is 11.3 Å². The molecule has 3 amide bonds. The van der Waals surface area contributed by atoms with E-state index >= 15 is 0 Å². The summed E-state index contributed by atoms with van der Waals surface area (Å²) in [5.74, 6) is 1.24. The highest BCUT2D eigenvalue weighted by molar-refractivity contribution is 7.10. The van der Waals surface area contributed by atoms with Crippen LogP contribution in [0.3, 0.4) is 0 Å². The van der Waals surface area contributed by atoms with Gasteiger partial charge in [0, 0.05) is 22.4 Å². The van der Waals surface area contributed by atoms with E-state index in [4.69, 9.17) is 9.47 Å². The molecule has 27 heavy (non-hydrogen) atoms. The van der Waals surface area contributed by atoms with Crippen LogP contribution in [0.4, 0.5) is 4.79 Å². The topological polar surface area (TPSA) is 67.9 Å². The van der Waals surface area contributed by atoms with Crippen LogP contribution < -0.4 is 14.8 Å². The van der Waals surface area contributed by atoms with Crippen LogP contribution in [0.15, 0.2) is 29.6 Å². The van der Waals surface area contributed by atoms with Gasteiger partial charge in [-0.1, -0.05) is 6.07 Å². The number of rotatable bonds is 5. The molecule has 2 aliphatic heterocycles. The van der Waals surface area contributed by atoms with Gasteiger partial charge in [-0.3, -0.25) is 9.69 Å². The van der Waals surface area contributed by atoms with Gasteiger partial charge in [-0.25, -0.2) is 4.79 Å². The molecule has 4 rings (SSSR count). The molecule has 0 spiro atoms. The molecule has 2 unspecified atom stereocenters. The first-order valence-corrected chi connectivity index (χ1v) is 9.93. The summed E-state index contributed by atoms with van der Waals surface area (Å²) in [6.45, 7) is 6.33. The second-order valence-corrected chi connectivity index (χ2v) is 8.00. The Kier molecular flexibility index (Phi) is 4.34. The molecule has 0 bridgehead atoms. The minimum atomic E-state index is -1.03. The minimum absolute atomic E-state index is 0.114. The Morgan fingerprint density at radius 2 is 2.22 bits per heavy atom. The van der Waals surface area contributed by atoms with Crippen LogP contribution in [0.25, 0.3) is 0 Å². The van der Waals surface area contributed by atoms with Crippen molar-refractivity contribution in [2.45, 2.75) is 45.4 Å². The average Bonchev–Trinajstić information content (AvgIpc) is 3.31. The number of nitrogens with zero attached hydrogens (tertiary/aromatic N) is 1. The quantitative estimate of drug-likeness (QED) is 0.800. The largest absolute Gasteiger partial charge is 0.494 e. The maximum atomic E-state index is 13.1. The van der Waals surface area contributed by atoms with E-state index in [0.29, 0.717) is 12.4 Å². The third-order valence-electron chi connectivity index (χ3n) is 5.00. The first-order chi connectivity index (χ1) is 12.9. The van der Waals surface area contributed by atoms with Crippen LogP contribution in [0.1, 0.15) is 36.8 Å². The summed E-state index contributed by atoms with van der Waals surface area (Å²) in [6.07, 6.45) is 0.943. The van der Waals surface area contributed by atoms with Crippen molar-refractivity contribution in [2.75, 3.05) is 6.61 Å². The van der Waals surface area contributed by atoms with Crippen LogP contribution in [0.5, 0.6) is 11.5 Å². The van der Waals surface area contributed by atoms with Crippen LogP contribution in [0.2, 0.25) is 0 Å². The first kappa shape index (κ1) is 17.9. The fourth-order valence-corrected chi connectivity index (χ4v) is 4.47. The zero-order chi connectivity index (χ0) is 19.2. The third-order valence-corrected chi connectivity index (χ3v) is 6.09. The number of urea groups is 1. The number of benzene rings is 1. The van der Waals surface area contributed by atoms with Crippen LogP contribution in [-0.2, 0) is 23.3 Å². The van der Waals surface area contributed by atoms with Gasteiger partial charge in [0.2, 0.25) is 0 Å². The Morgan fingerprint density at radius 3 is 2.93 bits per heavy atom. The number of nitrogens with one attached hydrogen (secondary N) is 1. The van der Waals surface area contributed by atoms with Gasteiger partial charge in [0.15, 0.2) is 5.54 Å². The summed E-state index contributed by atoms with van der Waals surface area (Å²) < 4.78 is 11.6. The molecule has 2 aromatic rings. The van der Waals surface area contributed by atoms with Gasteiger partial charge in [0.25, 0.3) is 5.91 Å². The molecule has 1 N–H and O–H groups in total. The maximum Gasteiger partial charge on any atom is 0.325 e.